The number of benzene rings is 1. The lowest BCUT2D eigenvalue weighted by Gasteiger charge is -2.08. The van der Waals surface area contributed by atoms with Gasteiger partial charge in [-0.25, -0.2) is 0 Å². The second-order valence-corrected chi connectivity index (χ2v) is 6.08. The number of rotatable bonds is 6. The molecular formula is C14H17BrN4O2S. The topological polar surface area (TPSA) is 82.9 Å². The van der Waals surface area contributed by atoms with Gasteiger partial charge >= 0.3 is 0 Å². The Bertz CT molecular complexity index is 726. The number of nitrogens with one attached hydrogen (secondary N) is 2. The maximum Gasteiger partial charge on any atom is 0.240 e. The molecule has 0 spiro atoms. The van der Waals surface area contributed by atoms with E-state index in [1.807, 2.05) is 6.92 Å². The van der Waals surface area contributed by atoms with Gasteiger partial charge in [-0.05, 0) is 52.3 Å². The molecule has 2 aromatic rings. The van der Waals surface area contributed by atoms with Crippen molar-refractivity contribution in [2.24, 2.45) is 0 Å². The lowest BCUT2D eigenvalue weighted by atomic mass is 10.2. The van der Waals surface area contributed by atoms with Gasteiger partial charge in [0.1, 0.15) is 18.1 Å². The second kappa shape index (κ2) is 7.55. The lowest BCUT2D eigenvalue weighted by Crippen LogP contribution is -2.27. The number of hydrogen-bond donors (Lipinski definition) is 3. The van der Waals surface area contributed by atoms with E-state index in [0.717, 1.165) is 24.2 Å². The Morgan fingerprint density at radius 1 is 1.55 bits per heavy atom. The maximum atomic E-state index is 12.1. The molecule has 0 aliphatic heterocycles. The number of aryl methyl sites for hydroxylation is 1. The monoisotopic (exact) mass is 384 g/mol. The number of amides is 1. The van der Waals surface area contributed by atoms with Crippen LogP contribution in [0, 0.1) is 4.77 Å². The van der Waals surface area contributed by atoms with Gasteiger partial charge in [-0.2, -0.15) is 5.10 Å². The zero-order valence-corrected chi connectivity index (χ0v) is 14.5. The highest BCUT2D eigenvalue weighted by Crippen LogP contribution is 2.24. The van der Waals surface area contributed by atoms with Crippen molar-refractivity contribution in [2.75, 3.05) is 0 Å². The molecule has 118 valence electrons. The minimum absolute atomic E-state index is 0.140. The summed E-state index contributed by atoms with van der Waals surface area (Å²) in [5.74, 6) is 0.818. The smallest absolute Gasteiger partial charge is 0.240 e. The van der Waals surface area contributed by atoms with Crippen molar-refractivity contribution in [2.45, 2.75) is 32.9 Å². The molecule has 1 aromatic heterocycles. The molecule has 0 unspecified atom stereocenters. The van der Waals surface area contributed by atoms with Crippen LogP contribution in [0.2, 0.25) is 0 Å². The molecule has 0 atom stereocenters. The van der Waals surface area contributed by atoms with E-state index in [2.05, 4.69) is 31.4 Å². The average molecular weight is 385 g/mol. The van der Waals surface area contributed by atoms with E-state index in [0.29, 0.717) is 15.8 Å². The normalized spacial score (nSPS) is 10.6. The Hall–Kier alpha value is -1.67. The van der Waals surface area contributed by atoms with Crippen molar-refractivity contribution in [1.82, 2.24) is 20.1 Å². The summed E-state index contributed by atoms with van der Waals surface area (Å²) in [4.78, 5) is 12.1. The fourth-order valence-corrected chi connectivity index (χ4v) is 2.63. The maximum absolute atomic E-state index is 12.1. The molecule has 0 fully saturated rings. The van der Waals surface area contributed by atoms with Crippen molar-refractivity contribution in [1.29, 1.82) is 0 Å². The first kappa shape index (κ1) is 16.7. The van der Waals surface area contributed by atoms with Crippen LogP contribution < -0.4 is 5.32 Å². The third-order valence-electron chi connectivity index (χ3n) is 3.11. The number of hydrogen-bond acceptors (Lipinski definition) is 4. The Kier molecular flexibility index (Phi) is 5.73. The number of carbonyl (C=O) groups excluding carboxylic acids is 1. The number of carbonyl (C=O) groups is 1. The molecule has 0 radical (unpaired) electrons. The van der Waals surface area contributed by atoms with E-state index in [9.17, 15) is 9.90 Å². The highest BCUT2D eigenvalue weighted by Gasteiger charge is 2.10. The molecule has 8 heteroatoms. The number of H-pyrrole nitrogens is 1. The fraction of sp³-hybridized carbons (Fsp3) is 0.357. The van der Waals surface area contributed by atoms with Crippen LogP contribution in [0.5, 0.6) is 5.75 Å². The van der Waals surface area contributed by atoms with Gasteiger partial charge in [0.05, 0.1) is 4.47 Å². The molecule has 22 heavy (non-hydrogen) atoms. The summed E-state index contributed by atoms with van der Waals surface area (Å²) in [6.45, 7) is 2.57. The van der Waals surface area contributed by atoms with Gasteiger partial charge in [0.15, 0.2) is 4.77 Å². The largest absolute Gasteiger partial charge is 0.507 e. The highest BCUT2D eigenvalue weighted by molar-refractivity contribution is 9.10. The van der Waals surface area contributed by atoms with E-state index >= 15 is 0 Å². The van der Waals surface area contributed by atoms with Crippen LogP contribution in [-0.2, 0) is 24.3 Å². The Morgan fingerprint density at radius 2 is 2.32 bits per heavy atom. The van der Waals surface area contributed by atoms with Crippen molar-refractivity contribution in [3.05, 3.63) is 38.8 Å². The SMILES string of the molecule is CCCc1n[nH]c(=S)n1CC(=O)NCc1ccc(O)c(Br)c1. The second-order valence-electron chi connectivity index (χ2n) is 4.84. The zero-order valence-electron chi connectivity index (χ0n) is 12.1. The van der Waals surface area contributed by atoms with Crippen molar-refractivity contribution >= 4 is 34.1 Å². The molecule has 1 aromatic carbocycles. The third kappa shape index (κ3) is 4.17. The summed E-state index contributed by atoms with van der Waals surface area (Å²) < 4.78 is 2.76. The van der Waals surface area contributed by atoms with Crippen molar-refractivity contribution in [3.63, 3.8) is 0 Å². The lowest BCUT2D eigenvalue weighted by molar-refractivity contribution is -0.121. The number of aromatic hydroxyl groups is 1. The molecule has 1 heterocycles. The van der Waals surface area contributed by atoms with Crippen molar-refractivity contribution < 1.29 is 9.90 Å². The molecule has 0 saturated carbocycles. The van der Waals surface area contributed by atoms with Gasteiger partial charge in [-0.15, -0.1) is 0 Å². The molecule has 1 amide bonds. The van der Waals surface area contributed by atoms with E-state index < -0.39 is 0 Å². The van der Waals surface area contributed by atoms with E-state index in [4.69, 9.17) is 12.2 Å². The summed E-state index contributed by atoms with van der Waals surface area (Å²) in [5.41, 5.74) is 0.891. The fourth-order valence-electron chi connectivity index (χ4n) is 1.99. The van der Waals surface area contributed by atoms with Crippen LogP contribution in [-0.4, -0.2) is 25.8 Å². The number of phenols is 1. The molecule has 6 nitrogen and oxygen atoms in total. The van der Waals surface area contributed by atoms with Gasteiger partial charge in [-0.1, -0.05) is 13.0 Å². The molecular weight excluding hydrogens is 368 g/mol. The van der Waals surface area contributed by atoms with Crippen LogP contribution in [0.3, 0.4) is 0 Å². The molecule has 0 saturated heterocycles. The quantitative estimate of drug-likeness (QED) is 0.668. The van der Waals surface area contributed by atoms with Crippen LogP contribution in [0.25, 0.3) is 0 Å². The molecule has 0 aliphatic rings. The van der Waals surface area contributed by atoms with Gasteiger partial charge < -0.3 is 10.4 Å². The Morgan fingerprint density at radius 3 is 3.00 bits per heavy atom. The summed E-state index contributed by atoms with van der Waals surface area (Å²) in [7, 11) is 0. The van der Waals surface area contributed by atoms with E-state index in [-0.39, 0.29) is 18.2 Å². The number of phenolic OH excluding ortho intramolecular Hbond substituents is 1. The predicted octanol–water partition coefficient (Wildman–Crippen LogP) is 2.68. The van der Waals surface area contributed by atoms with Gasteiger partial charge in [-0.3, -0.25) is 14.5 Å². The number of aromatic amines is 1. The Balaban J connectivity index is 1.97. The molecule has 0 aliphatic carbocycles. The highest BCUT2D eigenvalue weighted by atomic mass is 79.9. The van der Waals surface area contributed by atoms with Crippen LogP contribution in [0.1, 0.15) is 24.7 Å². The van der Waals surface area contributed by atoms with Crippen LogP contribution in [0.15, 0.2) is 22.7 Å². The molecule has 3 N–H and O–H groups in total. The standard InChI is InChI=1S/C14H17BrN4O2S/c1-2-3-12-17-18-14(22)19(12)8-13(21)16-7-9-4-5-11(20)10(15)6-9/h4-6,20H,2-3,7-8H2,1H3,(H,16,21)(H,18,22). The summed E-state index contributed by atoms with van der Waals surface area (Å²) in [6, 6.07) is 5.10. The zero-order chi connectivity index (χ0) is 16.1. The van der Waals surface area contributed by atoms with Gasteiger partial charge in [0, 0.05) is 13.0 Å². The summed E-state index contributed by atoms with van der Waals surface area (Å²) in [6.07, 6.45) is 1.70. The minimum atomic E-state index is -0.140. The number of halogens is 1. The van der Waals surface area contributed by atoms with Gasteiger partial charge in [0.25, 0.3) is 0 Å². The summed E-state index contributed by atoms with van der Waals surface area (Å²) in [5, 5.41) is 19.1. The van der Waals surface area contributed by atoms with Gasteiger partial charge in [0.2, 0.25) is 5.91 Å². The summed E-state index contributed by atoms with van der Waals surface area (Å²) >= 11 is 8.39. The van der Waals surface area contributed by atoms with Crippen LogP contribution >= 0.6 is 28.1 Å². The number of nitrogens with zero attached hydrogens (tertiary/aromatic N) is 2. The third-order valence-corrected chi connectivity index (χ3v) is 4.06. The van der Waals surface area contributed by atoms with E-state index in [1.165, 1.54) is 0 Å². The first-order chi connectivity index (χ1) is 10.5. The molecule has 0 bridgehead atoms. The first-order valence-corrected chi connectivity index (χ1v) is 8.09. The minimum Gasteiger partial charge on any atom is -0.507 e. The first-order valence-electron chi connectivity index (χ1n) is 6.89. The van der Waals surface area contributed by atoms with Crippen LogP contribution in [0.4, 0.5) is 0 Å². The average Bonchev–Trinajstić information content (AvgIpc) is 2.82. The van der Waals surface area contributed by atoms with E-state index in [1.54, 1.807) is 22.8 Å². The van der Waals surface area contributed by atoms with Crippen molar-refractivity contribution in [3.8, 4) is 5.75 Å². The Labute approximate surface area is 141 Å². The molecule has 2 rings (SSSR count). The number of aromatic nitrogens is 3. The predicted molar refractivity (Wildman–Crippen MR) is 89.1 cm³/mol.